The molecule has 2 aromatic rings. The van der Waals surface area contributed by atoms with Crippen LogP contribution in [0.15, 0.2) is 54.7 Å². The molecule has 2 rings (SSSR count). The third kappa shape index (κ3) is 3.96. The first-order valence-electron chi connectivity index (χ1n) is 6.79. The molecule has 0 amide bonds. The molecule has 3 nitrogen and oxygen atoms in total. The van der Waals surface area contributed by atoms with Gasteiger partial charge in [-0.1, -0.05) is 12.1 Å². The highest BCUT2D eigenvalue weighted by Gasteiger charge is 2.02. The van der Waals surface area contributed by atoms with Crippen molar-refractivity contribution in [3.63, 3.8) is 0 Å². The maximum absolute atomic E-state index is 12.0. The summed E-state index contributed by atoms with van der Waals surface area (Å²) in [6, 6.07) is 13.2. The highest BCUT2D eigenvalue weighted by Crippen LogP contribution is 2.16. The molecule has 1 N–H and O–H groups in total. The van der Waals surface area contributed by atoms with Gasteiger partial charge in [-0.25, -0.2) is 0 Å². The van der Waals surface area contributed by atoms with Gasteiger partial charge in [0.15, 0.2) is 5.78 Å². The van der Waals surface area contributed by atoms with Crippen molar-refractivity contribution in [3.05, 3.63) is 71.4 Å². The Morgan fingerprint density at radius 3 is 2.48 bits per heavy atom. The summed E-state index contributed by atoms with van der Waals surface area (Å²) >= 11 is 0. The molecule has 108 valence electrons. The first kappa shape index (κ1) is 14.9. The molecule has 3 heteroatoms. The number of ether oxygens (including phenoxy) is 1. The monoisotopic (exact) mass is 281 g/mol. The van der Waals surface area contributed by atoms with Crippen LogP contribution in [0.5, 0.6) is 5.75 Å². The Balaban J connectivity index is 2.03. The lowest BCUT2D eigenvalue weighted by molar-refractivity contribution is 0.104. The van der Waals surface area contributed by atoms with Crippen molar-refractivity contribution in [2.45, 2.75) is 13.8 Å². The molecule has 21 heavy (non-hydrogen) atoms. The molecular weight excluding hydrogens is 262 g/mol. The summed E-state index contributed by atoms with van der Waals surface area (Å²) in [5.41, 5.74) is 3.96. The fourth-order valence-corrected chi connectivity index (χ4v) is 1.95. The van der Waals surface area contributed by atoms with Crippen LogP contribution >= 0.6 is 0 Å². The van der Waals surface area contributed by atoms with Crippen LogP contribution in [0.25, 0.3) is 0 Å². The molecule has 0 saturated carbocycles. The zero-order valence-electron chi connectivity index (χ0n) is 12.5. The van der Waals surface area contributed by atoms with E-state index in [9.17, 15) is 4.79 Å². The van der Waals surface area contributed by atoms with E-state index < -0.39 is 0 Å². The van der Waals surface area contributed by atoms with E-state index in [4.69, 9.17) is 4.74 Å². The first-order valence-corrected chi connectivity index (χ1v) is 6.79. The van der Waals surface area contributed by atoms with Crippen LogP contribution in [-0.2, 0) is 0 Å². The van der Waals surface area contributed by atoms with Crippen molar-refractivity contribution in [2.75, 3.05) is 12.4 Å². The fourth-order valence-electron chi connectivity index (χ4n) is 1.95. The molecule has 0 aliphatic rings. The molecule has 0 saturated heterocycles. The number of nitrogens with one attached hydrogen (secondary N) is 1. The Kier molecular flexibility index (Phi) is 4.77. The average Bonchev–Trinajstić information content (AvgIpc) is 2.50. The highest BCUT2D eigenvalue weighted by molar-refractivity contribution is 6.04. The molecule has 0 atom stereocenters. The van der Waals surface area contributed by atoms with E-state index in [1.165, 1.54) is 11.6 Å². The number of aryl methyl sites for hydroxylation is 2. The van der Waals surface area contributed by atoms with E-state index in [1.807, 2.05) is 13.8 Å². The average molecular weight is 281 g/mol. The van der Waals surface area contributed by atoms with E-state index in [0.29, 0.717) is 5.56 Å². The molecule has 0 fully saturated rings. The maximum Gasteiger partial charge on any atom is 0.187 e. The van der Waals surface area contributed by atoms with Gasteiger partial charge in [-0.15, -0.1) is 0 Å². The van der Waals surface area contributed by atoms with Gasteiger partial charge in [0.25, 0.3) is 0 Å². The van der Waals surface area contributed by atoms with Gasteiger partial charge in [0.2, 0.25) is 0 Å². The summed E-state index contributed by atoms with van der Waals surface area (Å²) in [6.45, 7) is 4.07. The number of ketones is 1. The number of carbonyl (C=O) groups is 1. The number of rotatable bonds is 5. The summed E-state index contributed by atoms with van der Waals surface area (Å²) in [7, 11) is 1.60. The number of carbonyl (C=O) groups excluding carboxylic acids is 1. The van der Waals surface area contributed by atoms with E-state index in [2.05, 4.69) is 23.5 Å². The highest BCUT2D eigenvalue weighted by atomic mass is 16.5. The van der Waals surface area contributed by atoms with Gasteiger partial charge < -0.3 is 10.1 Å². The predicted octanol–water partition coefficient (Wildman–Crippen LogP) is 4.12. The van der Waals surface area contributed by atoms with Gasteiger partial charge in [0.05, 0.1) is 7.11 Å². The number of methoxy groups -OCH3 is 1. The van der Waals surface area contributed by atoms with Crippen LogP contribution in [0.1, 0.15) is 21.5 Å². The minimum absolute atomic E-state index is 0.0459. The van der Waals surface area contributed by atoms with Gasteiger partial charge in [0, 0.05) is 23.5 Å². The van der Waals surface area contributed by atoms with E-state index in [1.54, 1.807) is 37.6 Å². The summed E-state index contributed by atoms with van der Waals surface area (Å²) in [6.07, 6.45) is 3.21. The first-order chi connectivity index (χ1) is 10.1. The Morgan fingerprint density at radius 2 is 1.81 bits per heavy atom. The second-order valence-corrected chi connectivity index (χ2v) is 4.89. The molecule has 0 heterocycles. The molecule has 0 bridgehead atoms. The van der Waals surface area contributed by atoms with Gasteiger partial charge in [0.1, 0.15) is 5.75 Å². The topological polar surface area (TPSA) is 38.3 Å². The van der Waals surface area contributed by atoms with Crippen molar-refractivity contribution >= 4 is 11.5 Å². The van der Waals surface area contributed by atoms with Crippen LogP contribution < -0.4 is 10.1 Å². The lowest BCUT2D eigenvalue weighted by Crippen LogP contribution is -1.97. The smallest absolute Gasteiger partial charge is 0.187 e. The van der Waals surface area contributed by atoms with E-state index in [-0.39, 0.29) is 5.78 Å². The maximum atomic E-state index is 12.0. The van der Waals surface area contributed by atoms with Crippen LogP contribution in [0.2, 0.25) is 0 Å². The SMILES string of the molecule is COc1ccc(C(=O)C=CNc2cc(C)ccc2C)cc1. The molecule has 0 aromatic heterocycles. The normalized spacial score (nSPS) is 10.6. The number of allylic oxidation sites excluding steroid dienone is 1. The zero-order valence-corrected chi connectivity index (χ0v) is 12.5. The Bertz CT molecular complexity index is 657. The molecule has 2 aromatic carbocycles. The largest absolute Gasteiger partial charge is 0.497 e. The van der Waals surface area contributed by atoms with Gasteiger partial charge in [-0.3, -0.25) is 4.79 Å². The second-order valence-electron chi connectivity index (χ2n) is 4.89. The summed E-state index contributed by atoms with van der Waals surface area (Å²) < 4.78 is 5.07. The minimum atomic E-state index is -0.0459. The van der Waals surface area contributed by atoms with Crippen LogP contribution in [0, 0.1) is 13.8 Å². The molecule has 0 unspecified atom stereocenters. The lowest BCUT2D eigenvalue weighted by Gasteiger charge is -2.06. The standard InChI is InChI=1S/C18H19NO2/c1-13-4-5-14(2)17(12-13)19-11-10-18(20)15-6-8-16(21-3)9-7-15/h4-12,19H,1-3H3. The molecule has 0 radical (unpaired) electrons. The van der Waals surface area contributed by atoms with E-state index in [0.717, 1.165) is 17.0 Å². The van der Waals surface area contributed by atoms with Crippen molar-refractivity contribution < 1.29 is 9.53 Å². The lowest BCUT2D eigenvalue weighted by atomic mass is 10.1. The predicted molar refractivity (Wildman–Crippen MR) is 86.0 cm³/mol. The fraction of sp³-hybridized carbons (Fsp3) is 0.167. The molecule has 0 aliphatic heterocycles. The van der Waals surface area contributed by atoms with Gasteiger partial charge in [-0.05, 0) is 55.3 Å². The Labute approximate surface area is 125 Å². The third-order valence-corrected chi connectivity index (χ3v) is 3.24. The van der Waals surface area contributed by atoms with Crippen molar-refractivity contribution in [2.24, 2.45) is 0 Å². The van der Waals surface area contributed by atoms with Crippen molar-refractivity contribution in [1.29, 1.82) is 0 Å². The number of anilines is 1. The number of benzene rings is 2. The van der Waals surface area contributed by atoms with Crippen LogP contribution in [0.4, 0.5) is 5.69 Å². The van der Waals surface area contributed by atoms with Crippen molar-refractivity contribution in [3.8, 4) is 5.75 Å². The van der Waals surface area contributed by atoms with Gasteiger partial charge >= 0.3 is 0 Å². The number of hydrogen-bond acceptors (Lipinski definition) is 3. The zero-order chi connectivity index (χ0) is 15.2. The van der Waals surface area contributed by atoms with Crippen molar-refractivity contribution in [1.82, 2.24) is 0 Å². The van der Waals surface area contributed by atoms with E-state index >= 15 is 0 Å². The molecular formula is C18H19NO2. The Morgan fingerprint density at radius 1 is 1.10 bits per heavy atom. The Hall–Kier alpha value is -2.55. The third-order valence-electron chi connectivity index (χ3n) is 3.24. The van der Waals surface area contributed by atoms with Crippen LogP contribution in [-0.4, -0.2) is 12.9 Å². The second kappa shape index (κ2) is 6.75. The van der Waals surface area contributed by atoms with Crippen LogP contribution in [0.3, 0.4) is 0 Å². The summed E-state index contributed by atoms with van der Waals surface area (Å²) in [4.78, 5) is 12.0. The van der Waals surface area contributed by atoms with Gasteiger partial charge in [-0.2, -0.15) is 0 Å². The molecule has 0 spiro atoms. The summed E-state index contributed by atoms with van der Waals surface area (Å²) in [5, 5.41) is 3.15. The quantitative estimate of drug-likeness (QED) is 0.662. The summed E-state index contributed by atoms with van der Waals surface area (Å²) in [5.74, 6) is 0.694. The minimum Gasteiger partial charge on any atom is -0.497 e. The number of hydrogen-bond donors (Lipinski definition) is 1. The molecule has 0 aliphatic carbocycles.